The highest BCUT2D eigenvalue weighted by Crippen LogP contribution is 2.39. The molecule has 0 spiro atoms. The van der Waals surface area contributed by atoms with Crippen LogP contribution in [0.3, 0.4) is 0 Å². The summed E-state index contributed by atoms with van der Waals surface area (Å²) in [6.07, 6.45) is 11.0. The van der Waals surface area contributed by atoms with Gasteiger partial charge in [0.05, 0.1) is 6.61 Å². The zero-order chi connectivity index (χ0) is 20.8. The van der Waals surface area contributed by atoms with Crippen LogP contribution in [0.15, 0.2) is 42.5 Å². The normalized spacial score (nSPS) is 19.9. The second-order valence-corrected chi connectivity index (χ2v) is 7.47. The van der Waals surface area contributed by atoms with Gasteiger partial charge in [-0.05, 0) is 74.6 Å². The van der Waals surface area contributed by atoms with Crippen molar-refractivity contribution in [2.45, 2.75) is 45.4 Å². The lowest BCUT2D eigenvalue weighted by Crippen LogP contribution is -2.14. The Bertz CT molecular complexity index is 893. The van der Waals surface area contributed by atoms with Crippen LogP contribution in [0.5, 0.6) is 5.75 Å². The molecule has 2 aromatic carbocycles. The minimum Gasteiger partial charge on any atom is -0.491 e. The zero-order valence-electron chi connectivity index (χ0n) is 16.9. The van der Waals surface area contributed by atoms with Gasteiger partial charge in [0.25, 0.3) is 0 Å². The van der Waals surface area contributed by atoms with Crippen LogP contribution >= 0.6 is 0 Å². The van der Waals surface area contributed by atoms with Gasteiger partial charge in [-0.1, -0.05) is 42.5 Å². The molecule has 4 heteroatoms. The molecule has 0 heterocycles. The number of hydrogen-bond acceptors (Lipinski definition) is 1. The number of allylic oxidation sites excluding steroid dienone is 2. The Morgan fingerprint density at radius 3 is 2.38 bits per heavy atom. The lowest BCUT2D eigenvalue weighted by Gasteiger charge is -2.27. The average molecular weight is 400 g/mol. The van der Waals surface area contributed by atoms with Crippen molar-refractivity contribution in [1.29, 1.82) is 0 Å². The summed E-state index contributed by atoms with van der Waals surface area (Å²) in [6.45, 7) is 3.90. The summed E-state index contributed by atoms with van der Waals surface area (Å²) in [5, 5.41) is 0. The molecule has 0 aromatic heterocycles. The maximum absolute atomic E-state index is 14.5. The van der Waals surface area contributed by atoms with Crippen LogP contribution in [0.2, 0.25) is 0 Å². The molecule has 0 bridgehead atoms. The van der Waals surface area contributed by atoms with Crippen molar-refractivity contribution >= 4 is 12.2 Å². The van der Waals surface area contributed by atoms with E-state index in [1.807, 2.05) is 25.1 Å². The van der Waals surface area contributed by atoms with Gasteiger partial charge in [0.2, 0.25) is 5.82 Å². The fraction of sp³-hybridized carbons (Fsp3) is 0.360. The minimum absolute atomic E-state index is 0.0161. The molecule has 2 aromatic rings. The minimum atomic E-state index is -0.894. The van der Waals surface area contributed by atoms with Crippen molar-refractivity contribution in [3.8, 4) is 5.75 Å². The van der Waals surface area contributed by atoms with Crippen molar-refractivity contribution in [3.63, 3.8) is 0 Å². The maximum atomic E-state index is 14.5. The highest BCUT2D eigenvalue weighted by Gasteiger charge is 2.25. The standard InChI is InChI=1S/C25H27F3O/c1-3-5-20-13-10-18(16-22(20)26)7-6-17-8-11-19(12-9-17)21-14-15-23(29-4-2)25(28)24(21)27/h3,5-7,10,13-17,19H,4,8-9,11-12H2,1-2H3/b5-3+,7-6+. The van der Waals surface area contributed by atoms with Crippen LogP contribution in [-0.4, -0.2) is 6.61 Å². The summed E-state index contributed by atoms with van der Waals surface area (Å²) >= 11 is 0. The molecule has 3 rings (SSSR count). The van der Waals surface area contributed by atoms with E-state index in [1.165, 1.54) is 12.1 Å². The smallest absolute Gasteiger partial charge is 0.200 e. The van der Waals surface area contributed by atoms with Gasteiger partial charge in [-0.2, -0.15) is 4.39 Å². The highest BCUT2D eigenvalue weighted by molar-refractivity contribution is 5.56. The first-order valence-electron chi connectivity index (χ1n) is 10.2. The highest BCUT2D eigenvalue weighted by atomic mass is 19.2. The molecule has 0 N–H and O–H groups in total. The summed E-state index contributed by atoms with van der Waals surface area (Å²) in [4.78, 5) is 0. The van der Waals surface area contributed by atoms with Crippen LogP contribution in [-0.2, 0) is 0 Å². The van der Waals surface area contributed by atoms with E-state index in [9.17, 15) is 13.2 Å². The van der Waals surface area contributed by atoms with E-state index in [0.717, 1.165) is 31.2 Å². The van der Waals surface area contributed by atoms with Crippen molar-refractivity contribution < 1.29 is 17.9 Å². The van der Waals surface area contributed by atoms with Gasteiger partial charge in [-0.15, -0.1) is 0 Å². The molecule has 1 aliphatic carbocycles. The largest absolute Gasteiger partial charge is 0.491 e. The fourth-order valence-corrected chi connectivity index (χ4v) is 3.96. The van der Waals surface area contributed by atoms with Crippen LogP contribution in [0.25, 0.3) is 12.2 Å². The van der Waals surface area contributed by atoms with Gasteiger partial charge < -0.3 is 4.74 Å². The molecule has 0 radical (unpaired) electrons. The zero-order valence-corrected chi connectivity index (χ0v) is 16.9. The number of ether oxygens (including phenoxy) is 1. The Hall–Kier alpha value is -2.49. The third kappa shape index (κ3) is 5.11. The van der Waals surface area contributed by atoms with Gasteiger partial charge in [0.1, 0.15) is 5.82 Å². The maximum Gasteiger partial charge on any atom is 0.200 e. The molecule has 1 saturated carbocycles. The summed E-state index contributed by atoms with van der Waals surface area (Å²) in [5.41, 5.74) is 1.85. The summed E-state index contributed by atoms with van der Waals surface area (Å²) in [6, 6.07) is 8.39. The van der Waals surface area contributed by atoms with Gasteiger partial charge in [-0.25, -0.2) is 8.78 Å². The Kier molecular flexibility index (Phi) is 7.18. The average Bonchev–Trinajstić information content (AvgIpc) is 2.73. The fourth-order valence-electron chi connectivity index (χ4n) is 3.96. The summed E-state index contributed by atoms with van der Waals surface area (Å²) in [5.74, 6) is -1.57. The molecular formula is C25H27F3O. The Morgan fingerprint density at radius 2 is 1.72 bits per heavy atom. The predicted octanol–water partition coefficient (Wildman–Crippen LogP) is 7.52. The van der Waals surface area contributed by atoms with Crippen LogP contribution in [0.4, 0.5) is 13.2 Å². The molecule has 0 aliphatic heterocycles. The predicted molar refractivity (Wildman–Crippen MR) is 112 cm³/mol. The van der Waals surface area contributed by atoms with Crippen LogP contribution < -0.4 is 4.74 Å². The quantitative estimate of drug-likeness (QED) is 0.487. The summed E-state index contributed by atoms with van der Waals surface area (Å²) in [7, 11) is 0. The molecular weight excluding hydrogens is 373 g/mol. The Balaban J connectivity index is 1.62. The molecule has 1 aliphatic rings. The number of hydrogen-bond donors (Lipinski definition) is 0. The van der Waals surface area contributed by atoms with Crippen molar-refractivity contribution in [2.24, 2.45) is 5.92 Å². The van der Waals surface area contributed by atoms with Crippen molar-refractivity contribution in [2.75, 3.05) is 6.61 Å². The molecule has 154 valence electrons. The first-order valence-corrected chi connectivity index (χ1v) is 10.2. The second-order valence-electron chi connectivity index (χ2n) is 7.47. The summed E-state index contributed by atoms with van der Waals surface area (Å²) < 4.78 is 47.8. The first kappa shape index (κ1) is 21.2. The topological polar surface area (TPSA) is 9.23 Å². The monoisotopic (exact) mass is 400 g/mol. The molecule has 0 saturated heterocycles. The SMILES string of the molecule is C/C=C/c1ccc(/C=C/C2CCC(c3ccc(OCC)c(F)c3F)CC2)cc1F. The van der Waals surface area contributed by atoms with E-state index >= 15 is 0 Å². The van der Waals surface area contributed by atoms with Gasteiger partial charge in [0.15, 0.2) is 11.6 Å². The third-order valence-electron chi connectivity index (χ3n) is 5.52. The van der Waals surface area contributed by atoms with E-state index < -0.39 is 11.6 Å². The van der Waals surface area contributed by atoms with Crippen LogP contribution in [0, 0.1) is 23.4 Å². The van der Waals surface area contributed by atoms with Gasteiger partial charge >= 0.3 is 0 Å². The molecule has 0 atom stereocenters. The molecule has 29 heavy (non-hydrogen) atoms. The third-order valence-corrected chi connectivity index (χ3v) is 5.52. The van der Waals surface area contributed by atoms with Crippen LogP contribution in [0.1, 0.15) is 62.1 Å². The van der Waals surface area contributed by atoms with E-state index in [0.29, 0.717) is 23.7 Å². The molecule has 0 amide bonds. The van der Waals surface area contributed by atoms with Gasteiger partial charge in [-0.3, -0.25) is 0 Å². The van der Waals surface area contributed by atoms with Crippen molar-refractivity contribution in [3.05, 3.63) is 76.6 Å². The molecule has 0 unspecified atom stereocenters. The van der Waals surface area contributed by atoms with E-state index in [-0.39, 0.29) is 17.5 Å². The number of halogens is 3. The number of benzene rings is 2. The molecule has 1 fully saturated rings. The van der Waals surface area contributed by atoms with E-state index in [4.69, 9.17) is 4.74 Å². The van der Waals surface area contributed by atoms with E-state index in [2.05, 4.69) is 6.08 Å². The lowest BCUT2D eigenvalue weighted by molar-refractivity contribution is 0.310. The van der Waals surface area contributed by atoms with E-state index in [1.54, 1.807) is 25.1 Å². The lowest BCUT2D eigenvalue weighted by atomic mass is 9.78. The Labute approximate surface area is 170 Å². The van der Waals surface area contributed by atoms with Gasteiger partial charge in [0, 0.05) is 5.56 Å². The molecule has 1 nitrogen and oxygen atoms in total. The first-order chi connectivity index (χ1) is 14.0. The Morgan fingerprint density at radius 1 is 0.966 bits per heavy atom. The van der Waals surface area contributed by atoms with Crippen molar-refractivity contribution in [1.82, 2.24) is 0 Å². The number of rotatable bonds is 6. The second kappa shape index (κ2) is 9.82.